The van der Waals surface area contributed by atoms with E-state index < -0.39 is 35.4 Å². The van der Waals surface area contributed by atoms with Crippen LogP contribution in [0.2, 0.25) is 0 Å². The molecule has 5 rings (SSSR count). The molecule has 2 heterocycles. The first kappa shape index (κ1) is 33.9. The van der Waals surface area contributed by atoms with Crippen molar-refractivity contribution in [3.8, 4) is 11.6 Å². The van der Waals surface area contributed by atoms with Crippen LogP contribution in [0.25, 0.3) is 10.8 Å². The lowest BCUT2D eigenvalue weighted by molar-refractivity contribution is -0.137. The molecular weight excluding hydrogens is 629 g/mol. The number of ether oxygens (including phenoxy) is 2. The fourth-order valence-corrected chi connectivity index (χ4v) is 5.39. The van der Waals surface area contributed by atoms with Crippen LogP contribution in [0, 0.1) is 0 Å². The summed E-state index contributed by atoms with van der Waals surface area (Å²) in [5.41, 5.74) is -1.41. The number of aromatic nitrogens is 2. The number of rotatable bonds is 7. The minimum Gasteiger partial charge on any atom is -0.444 e. The second-order valence-electron chi connectivity index (χ2n) is 12.3. The molecule has 3 aromatic carbocycles. The van der Waals surface area contributed by atoms with Crippen LogP contribution in [0.15, 0.2) is 67.0 Å². The lowest BCUT2D eigenvalue weighted by atomic mass is 10.0. The average Bonchev–Trinajstić information content (AvgIpc) is 2.99. The number of alkyl carbamates (subject to hydrolysis) is 1. The van der Waals surface area contributed by atoms with Gasteiger partial charge in [0.25, 0.3) is 5.91 Å². The summed E-state index contributed by atoms with van der Waals surface area (Å²) < 4.78 is 54.2. The number of benzene rings is 3. The zero-order chi connectivity index (χ0) is 34.6. The quantitative estimate of drug-likeness (QED) is 0.190. The summed E-state index contributed by atoms with van der Waals surface area (Å²) in [6, 6.07) is 14.7. The maximum absolute atomic E-state index is 14.3. The van der Waals surface area contributed by atoms with Crippen molar-refractivity contribution < 1.29 is 37.0 Å². The zero-order valence-corrected chi connectivity index (χ0v) is 26.8. The molecule has 4 aromatic rings. The number of halogens is 3. The van der Waals surface area contributed by atoms with Gasteiger partial charge in [-0.2, -0.15) is 13.2 Å². The molecule has 3 N–H and O–H groups in total. The van der Waals surface area contributed by atoms with Crippen LogP contribution in [-0.4, -0.2) is 52.6 Å². The molecule has 1 aliphatic heterocycles. The van der Waals surface area contributed by atoms with Crippen LogP contribution in [0.4, 0.5) is 35.2 Å². The summed E-state index contributed by atoms with van der Waals surface area (Å²) in [7, 11) is 0. The minimum absolute atomic E-state index is 0.0211. The molecule has 252 valence electrons. The summed E-state index contributed by atoms with van der Waals surface area (Å²) >= 11 is 0. The SMILES string of the molecule is CC(=O)Nc1cc(Oc2ccc3c(C(=O)Nc4ccc(N5CCCC(NC(=O)OC(C)(C)C)C5)c(C(F)(F)F)c4)cccc3c2)ncn1. The Labute approximate surface area is 274 Å². The summed E-state index contributed by atoms with van der Waals surface area (Å²) in [6.45, 7) is 7.09. The lowest BCUT2D eigenvalue weighted by Gasteiger charge is -2.36. The standard InChI is InChI=1S/C34H35F3N6O5/c1-20(44)40-29-17-30(39-19-38-29)47-24-11-12-25-21(15-24)7-5-9-26(25)31(45)41-22-10-13-28(27(16-22)34(35,36)37)43-14-6-8-23(18-43)42-32(46)48-33(2,3)4/h5,7,9-13,15-17,19,23H,6,8,14,18H2,1-4H3,(H,41,45)(H,42,46)(H,38,39,40,44). The van der Waals surface area contributed by atoms with Crippen molar-refractivity contribution >= 4 is 45.9 Å². The van der Waals surface area contributed by atoms with Gasteiger partial charge >= 0.3 is 12.3 Å². The highest BCUT2D eigenvalue weighted by Crippen LogP contribution is 2.39. The molecule has 3 amide bonds. The van der Waals surface area contributed by atoms with Crippen LogP contribution >= 0.6 is 0 Å². The second kappa shape index (κ2) is 13.8. The molecule has 1 aromatic heterocycles. The number of carbonyl (C=O) groups is 3. The predicted octanol–water partition coefficient (Wildman–Crippen LogP) is 7.15. The van der Waals surface area contributed by atoms with E-state index in [4.69, 9.17) is 9.47 Å². The molecule has 0 spiro atoms. The maximum Gasteiger partial charge on any atom is 0.418 e. The predicted molar refractivity (Wildman–Crippen MR) is 174 cm³/mol. The molecule has 0 aliphatic carbocycles. The molecule has 48 heavy (non-hydrogen) atoms. The number of carbonyl (C=O) groups excluding carboxylic acids is 3. The van der Waals surface area contributed by atoms with Crippen molar-refractivity contribution in [1.29, 1.82) is 0 Å². The van der Waals surface area contributed by atoms with Gasteiger partial charge in [0.2, 0.25) is 11.8 Å². The Hall–Kier alpha value is -5.40. The highest BCUT2D eigenvalue weighted by atomic mass is 19.4. The van der Waals surface area contributed by atoms with E-state index in [1.807, 2.05) is 0 Å². The van der Waals surface area contributed by atoms with Crippen molar-refractivity contribution in [1.82, 2.24) is 15.3 Å². The van der Waals surface area contributed by atoms with E-state index in [0.717, 1.165) is 6.07 Å². The van der Waals surface area contributed by atoms with Gasteiger partial charge < -0.3 is 30.3 Å². The van der Waals surface area contributed by atoms with Gasteiger partial charge in [0, 0.05) is 49.1 Å². The number of nitrogens with zero attached hydrogens (tertiary/aromatic N) is 3. The van der Waals surface area contributed by atoms with Gasteiger partial charge in [-0.05, 0) is 86.8 Å². The van der Waals surface area contributed by atoms with Gasteiger partial charge in [-0.3, -0.25) is 9.59 Å². The maximum atomic E-state index is 14.3. The molecule has 14 heteroatoms. The van der Waals surface area contributed by atoms with E-state index in [-0.39, 0.29) is 41.1 Å². The van der Waals surface area contributed by atoms with E-state index in [2.05, 4.69) is 25.9 Å². The first-order chi connectivity index (χ1) is 22.6. The summed E-state index contributed by atoms with van der Waals surface area (Å²) in [5.74, 6) is -0.0363. The molecule has 1 unspecified atom stereocenters. The van der Waals surface area contributed by atoms with Crippen LogP contribution in [-0.2, 0) is 15.7 Å². The van der Waals surface area contributed by atoms with Crippen LogP contribution in [0.3, 0.4) is 0 Å². The summed E-state index contributed by atoms with van der Waals surface area (Å²) in [5, 5.41) is 9.11. The molecule has 0 saturated carbocycles. The Kier molecular flexibility index (Phi) is 9.73. The second-order valence-corrected chi connectivity index (χ2v) is 12.3. The molecule has 11 nitrogen and oxygen atoms in total. The van der Waals surface area contributed by atoms with Crippen LogP contribution < -0.4 is 25.6 Å². The Morgan fingerprint density at radius 1 is 0.958 bits per heavy atom. The Morgan fingerprint density at radius 2 is 1.75 bits per heavy atom. The first-order valence-electron chi connectivity index (χ1n) is 15.2. The van der Waals surface area contributed by atoms with E-state index in [1.165, 1.54) is 31.5 Å². The van der Waals surface area contributed by atoms with Gasteiger partial charge in [0.05, 0.1) is 5.56 Å². The van der Waals surface area contributed by atoms with Crippen LogP contribution in [0.1, 0.15) is 56.5 Å². The van der Waals surface area contributed by atoms with Gasteiger partial charge in [-0.15, -0.1) is 0 Å². The number of fused-ring (bicyclic) bond motifs is 1. The number of nitrogens with one attached hydrogen (secondary N) is 3. The highest BCUT2D eigenvalue weighted by Gasteiger charge is 2.37. The number of hydrogen-bond acceptors (Lipinski definition) is 8. The monoisotopic (exact) mass is 664 g/mol. The van der Waals surface area contributed by atoms with Crippen LogP contribution in [0.5, 0.6) is 11.6 Å². The van der Waals surface area contributed by atoms with Crippen molar-refractivity contribution in [2.75, 3.05) is 28.6 Å². The lowest BCUT2D eigenvalue weighted by Crippen LogP contribution is -2.49. The number of amides is 3. The van der Waals surface area contributed by atoms with Crippen molar-refractivity contribution in [3.05, 3.63) is 78.1 Å². The third-order valence-electron chi connectivity index (χ3n) is 7.31. The Morgan fingerprint density at radius 3 is 2.48 bits per heavy atom. The summed E-state index contributed by atoms with van der Waals surface area (Å²) in [6.07, 6.45) is -2.91. The van der Waals surface area contributed by atoms with Gasteiger partial charge in [-0.1, -0.05) is 12.1 Å². The number of anilines is 3. The van der Waals surface area contributed by atoms with E-state index in [1.54, 1.807) is 62.1 Å². The third kappa shape index (κ3) is 8.69. The zero-order valence-electron chi connectivity index (χ0n) is 26.8. The van der Waals surface area contributed by atoms with Gasteiger partial charge in [-0.25, -0.2) is 14.8 Å². The number of piperidine rings is 1. The Balaban J connectivity index is 1.32. The number of hydrogen-bond donors (Lipinski definition) is 3. The molecule has 1 aliphatic rings. The molecule has 0 bridgehead atoms. The average molecular weight is 665 g/mol. The largest absolute Gasteiger partial charge is 0.444 e. The van der Waals surface area contributed by atoms with Gasteiger partial charge in [0.15, 0.2) is 0 Å². The molecule has 1 atom stereocenters. The smallest absolute Gasteiger partial charge is 0.418 e. The Bertz CT molecular complexity index is 1840. The van der Waals surface area contributed by atoms with Crippen molar-refractivity contribution in [2.45, 2.75) is 58.4 Å². The molecule has 0 radical (unpaired) electrons. The van der Waals surface area contributed by atoms with E-state index >= 15 is 0 Å². The molecular formula is C34H35F3N6O5. The minimum atomic E-state index is -4.70. The van der Waals surface area contributed by atoms with Crippen molar-refractivity contribution in [3.63, 3.8) is 0 Å². The van der Waals surface area contributed by atoms with E-state index in [0.29, 0.717) is 35.9 Å². The fourth-order valence-electron chi connectivity index (χ4n) is 5.39. The normalized spacial score (nSPS) is 15.1. The number of alkyl halides is 3. The van der Waals surface area contributed by atoms with Crippen molar-refractivity contribution in [2.24, 2.45) is 0 Å². The highest BCUT2D eigenvalue weighted by molar-refractivity contribution is 6.13. The topological polar surface area (TPSA) is 135 Å². The molecule has 1 fully saturated rings. The third-order valence-corrected chi connectivity index (χ3v) is 7.31. The first-order valence-corrected chi connectivity index (χ1v) is 15.2. The van der Waals surface area contributed by atoms with E-state index in [9.17, 15) is 27.6 Å². The van der Waals surface area contributed by atoms with Gasteiger partial charge in [0.1, 0.15) is 23.5 Å². The fraction of sp³-hybridized carbons (Fsp3) is 0.324. The summed E-state index contributed by atoms with van der Waals surface area (Å²) in [4.78, 5) is 46.6. The molecule has 1 saturated heterocycles.